The molecule has 0 saturated heterocycles. The van der Waals surface area contributed by atoms with E-state index in [1.54, 1.807) is 24.2 Å². The number of ether oxygens (including phenoxy) is 2. The molecule has 1 aliphatic heterocycles. The van der Waals surface area contributed by atoms with Gasteiger partial charge in [-0.3, -0.25) is 4.79 Å². The summed E-state index contributed by atoms with van der Waals surface area (Å²) >= 11 is 5.97. The Morgan fingerprint density at radius 3 is 2.77 bits per heavy atom. The van der Waals surface area contributed by atoms with Crippen molar-refractivity contribution in [3.63, 3.8) is 0 Å². The smallest absolute Gasteiger partial charge is 0.246 e. The van der Waals surface area contributed by atoms with Gasteiger partial charge in [0, 0.05) is 28.8 Å². The summed E-state index contributed by atoms with van der Waals surface area (Å²) in [6, 6.07) is 13.0. The minimum Gasteiger partial charge on any atom is -0.493 e. The molecule has 2 heterocycles. The van der Waals surface area contributed by atoms with Crippen molar-refractivity contribution in [2.45, 2.75) is 19.9 Å². The standard InChI is InChI=1S/C24H23ClN2O4/c1-3-30-21-10-4-16(14-22(21)29-2)5-11-23(28)27-13-12-19-20(15-27)26-31-24(19)17-6-8-18(25)9-7-17/h4-11,14H,3,12-13,15H2,1-2H3/b11-5+. The SMILES string of the molecule is CCOc1ccc(/C=C/C(=O)N2CCc3c(noc3-c3ccc(Cl)cc3)C2)cc1OC. The summed E-state index contributed by atoms with van der Waals surface area (Å²) in [5, 5.41) is 4.87. The summed E-state index contributed by atoms with van der Waals surface area (Å²) in [6.45, 7) is 3.50. The Labute approximate surface area is 186 Å². The zero-order chi connectivity index (χ0) is 21.8. The number of aromatic nitrogens is 1. The highest BCUT2D eigenvalue weighted by atomic mass is 35.5. The Kier molecular flexibility index (Phi) is 6.28. The number of halogens is 1. The second-order valence-corrected chi connectivity index (χ2v) is 7.57. The van der Waals surface area contributed by atoms with Crippen molar-refractivity contribution in [3.05, 3.63) is 70.4 Å². The Balaban J connectivity index is 1.45. The molecule has 3 aromatic rings. The number of amides is 1. The van der Waals surface area contributed by atoms with E-state index in [4.69, 9.17) is 25.6 Å². The maximum Gasteiger partial charge on any atom is 0.246 e. The van der Waals surface area contributed by atoms with Crippen LogP contribution < -0.4 is 9.47 Å². The molecule has 0 fully saturated rings. The molecule has 1 aliphatic rings. The fourth-order valence-corrected chi connectivity index (χ4v) is 3.71. The topological polar surface area (TPSA) is 64.8 Å². The molecule has 0 atom stereocenters. The van der Waals surface area contributed by atoms with Gasteiger partial charge in [-0.25, -0.2) is 0 Å². The summed E-state index contributed by atoms with van der Waals surface area (Å²) in [7, 11) is 1.60. The fourth-order valence-electron chi connectivity index (χ4n) is 3.58. The van der Waals surface area contributed by atoms with Gasteiger partial charge in [0.2, 0.25) is 5.91 Å². The Hall–Kier alpha value is -3.25. The van der Waals surface area contributed by atoms with Crippen LogP contribution in [-0.4, -0.2) is 36.2 Å². The number of carbonyl (C=O) groups is 1. The molecule has 31 heavy (non-hydrogen) atoms. The predicted molar refractivity (Wildman–Crippen MR) is 119 cm³/mol. The maximum atomic E-state index is 12.7. The summed E-state index contributed by atoms with van der Waals surface area (Å²) in [4.78, 5) is 14.5. The number of benzene rings is 2. The molecule has 2 aromatic carbocycles. The zero-order valence-corrected chi connectivity index (χ0v) is 18.2. The highest BCUT2D eigenvalue weighted by Gasteiger charge is 2.26. The van der Waals surface area contributed by atoms with E-state index >= 15 is 0 Å². The quantitative estimate of drug-likeness (QED) is 0.507. The molecule has 0 radical (unpaired) electrons. The third-order valence-electron chi connectivity index (χ3n) is 5.17. The first kappa shape index (κ1) is 21.0. The molecule has 0 bridgehead atoms. The van der Waals surface area contributed by atoms with Gasteiger partial charge < -0.3 is 18.9 Å². The van der Waals surface area contributed by atoms with Crippen molar-refractivity contribution in [2.75, 3.05) is 20.3 Å². The normalized spacial score (nSPS) is 13.3. The van der Waals surface area contributed by atoms with Gasteiger partial charge >= 0.3 is 0 Å². The van der Waals surface area contributed by atoms with Gasteiger partial charge in [-0.1, -0.05) is 22.8 Å². The molecule has 4 rings (SSSR count). The molecule has 1 aromatic heterocycles. The van der Waals surface area contributed by atoms with Gasteiger partial charge in [0.25, 0.3) is 0 Å². The van der Waals surface area contributed by atoms with E-state index in [-0.39, 0.29) is 5.91 Å². The first-order valence-electron chi connectivity index (χ1n) is 10.1. The molecule has 0 saturated carbocycles. The third-order valence-corrected chi connectivity index (χ3v) is 5.42. The van der Waals surface area contributed by atoms with Crippen LogP contribution >= 0.6 is 11.6 Å². The van der Waals surface area contributed by atoms with Crippen molar-refractivity contribution < 1.29 is 18.8 Å². The van der Waals surface area contributed by atoms with Crippen molar-refractivity contribution in [1.29, 1.82) is 0 Å². The van der Waals surface area contributed by atoms with E-state index in [0.29, 0.717) is 42.6 Å². The molecule has 160 valence electrons. The predicted octanol–water partition coefficient (Wildman–Crippen LogP) is 5.00. The second-order valence-electron chi connectivity index (χ2n) is 7.13. The molecule has 0 N–H and O–H groups in total. The van der Waals surface area contributed by atoms with Gasteiger partial charge in [0.05, 0.1) is 20.3 Å². The number of hydrogen-bond acceptors (Lipinski definition) is 5. The van der Waals surface area contributed by atoms with Crippen molar-refractivity contribution >= 4 is 23.6 Å². The lowest BCUT2D eigenvalue weighted by Gasteiger charge is -2.24. The Bertz CT molecular complexity index is 1110. The molecule has 0 unspecified atom stereocenters. The van der Waals surface area contributed by atoms with E-state index in [0.717, 1.165) is 28.1 Å². The van der Waals surface area contributed by atoms with Crippen LogP contribution in [0.3, 0.4) is 0 Å². The minimum atomic E-state index is -0.0745. The fraction of sp³-hybridized carbons (Fsp3) is 0.250. The van der Waals surface area contributed by atoms with E-state index < -0.39 is 0 Å². The van der Waals surface area contributed by atoms with Crippen LogP contribution in [0, 0.1) is 0 Å². The molecule has 6 nitrogen and oxygen atoms in total. The summed E-state index contributed by atoms with van der Waals surface area (Å²) in [5.41, 5.74) is 3.63. The van der Waals surface area contributed by atoms with Crippen molar-refractivity contribution in [3.8, 4) is 22.8 Å². The number of hydrogen-bond donors (Lipinski definition) is 0. The van der Waals surface area contributed by atoms with Gasteiger partial charge in [-0.05, 0) is 61.4 Å². The summed E-state index contributed by atoms with van der Waals surface area (Å²) < 4.78 is 16.5. The first-order valence-corrected chi connectivity index (χ1v) is 10.5. The highest BCUT2D eigenvalue weighted by molar-refractivity contribution is 6.30. The van der Waals surface area contributed by atoms with E-state index in [2.05, 4.69) is 5.16 Å². The number of rotatable bonds is 6. The van der Waals surface area contributed by atoms with Crippen LogP contribution in [0.2, 0.25) is 5.02 Å². The molecular formula is C24H23ClN2O4. The number of nitrogens with zero attached hydrogens (tertiary/aromatic N) is 2. The number of fused-ring (bicyclic) bond motifs is 1. The summed E-state index contributed by atoms with van der Waals surface area (Å²) in [5.74, 6) is 1.99. The Morgan fingerprint density at radius 2 is 2.03 bits per heavy atom. The van der Waals surface area contributed by atoms with Crippen LogP contribution in [-0.2, 0) is 17.8 Å². The van der Waals surface area contributed by atoms with Crippen molar-refractivity contribution in [2.24, 2.45) is 0 Å². The van der Waals surface area contributed by atoms with Crippen molar-refractivity contribution in [1.82, 2.24) is 10.1 Å². The monoisotopic (exact) mass is 438 g/mol. The van der Waals surface area contributed by atoms with E-state index in [9.17, 15) is 4.79 Å². The average molecular weight is 439 g/mol. The molecule has 7 heteroatoms. The van der Waals surface area contributed by atoms with Crippen LogP contribution in [0.15, 0.2) is 53.1 Å². The van der Waals surface area contributed by atoms with Crippen LogP contribution in [0.5, 0.6) is 11.5 Å². The first-order chi connectivity index (χ1) is 15.1. The largest absolute Gasteiger partial charge is 0.493 e. The van der Waals surface area contributed by atoms with E-state index in [1.165, 1.54) is 0 Å². The van der Waals surface area contributed by atoms with Gasteiger partial charge in [0.15, 0.2) is 17.3 Å². The zero-order valence-electron chi connectivity index (χ0n) is 17.4. The molecule has 0 spiro atoms. The lowest BCUT2D eigenvalue weighted by molar-refractivity contribution is -0.126. The highest BCUT2D eigenvalue weighted by Crippen LogP contribution is 2.31. The number of carbonyl (C=O) groups excluding carboxylic acids is 1. The Morgan fingerprint density at radius 1 is 1.23 bits per heavy atom. The van der Waals surface area contributed by atoms with Crippen LogP contribution in [0.1, 0.15) is 23.7 Å². The second kappa shape index (κ2) is 9.27. The van der Waals surface area contributed by atoms with Crippen LogP contribution in [0.25, 0.3) is 17.4 Å². The molecule has 0 aliphatic carbocycles. The minimum absolute atomic E-state index is 0.0745. The lowest BCUT2D eigenvalue weighted by Crippen LogP contribution is -2.34. The van der Waals surface area contributed by atoms with Gasteiger partial charge in [0.1, 0.15) is 5.69 Å². The average Bonchev–Trinajstić information content (AvgIpc) is 3.22. The lowest BCUT2D eigenvalue weighted by atomic mass is 10.0. The maximum absolute atomic E-state index is 12.7. The third kappa shape index (κ3) is 4.59. The molecular weight excluding hydrogens is 416 g/mol. The number of methoxy groups -OCH3 is 1. The van der Waals surface area contributed by atoms with Crippen LogP contribution in [0.4, 0.5) is 0 Å². The molecule has 1 amide bonds. The van der Waals surface area contributed by atoms with E-state index in [1.807, 2.05) is 49.4 Å². The van der Waals surface area contributed by atoms with Gasteiger partial charge in [-0.2, -0.15) is 0 Å². The summed E-state index contributed by atoms with van der Waals surface area (Å²) in [6.07, 6.45) is 4.03. The van der Waals surface area contributed by atoms with Gasteiger partial charge in [-0.15, -0.1) is 0 Å².